The van der Waals surface area contributed by atoms with Gasteiger partial charge in [-0.15, -0.1) is 10.2 Å². The molecule has 0 saturated carbocycles. The molecule has 0 saturated heterocycles. The summed E-state index contributed by atoms with van der Waals surface area (Å²) in [5, 5.41) is 11.2. The smallest absolute Gasteiger partial charge is 0.328 e. The topological polar surface area (TPSA) is 134 Å². The molecule has 0 radical (unpaired) electrons. The SMILES string of the molecule is COCCNC(=O)NS(=O)(=O)c1cc(F)c(CSc2nnc(C(C)(C)c3ccc(OC)c(OC)c3)n2-c2ccc(F)cc2)c(F)c1. The van der Waals surface area contributed by atoms with Gasteiger partial charge < -0.3 is 19.5 Å². The van der Waals surface area contributed by atoms with Crippen LogP contribution in [0.15, 0.2) is 64.6 Å². The van der Waals surface area contributed by atoms with E-state index in [1.54, 1.807) is 21.4 Å². The first-order valence-electron chi connectivity index (χ1n) is 13.7. The van der Waals surface area contributed by atoms with Gasteiger partial charge in [0.1, 0.15) is 23.3 Å². The highest BCUT2D eigenvalue weighted by atomic mass is 32.2. The summed E-state index contributed by atoms with van der Waals surface area (Å²) >= 11 is 0.938. The number of methoxy groups -OCH3 is 3. The number of benzene rings is 3. The number of ether oxygens (including phenoxy) is 3. The number of amides is 2. The maximum atomic E-state index is 15.2. The van der Waals surface area contributed by atoms with Crippen molar-refractivity contribution in [3.63, 3.8) is 0 Å². The zero-order valence-electron chi connectivity index (χ0n) is 25.6. The molecule has 0 aliphatic heterocycles. The largest absolute Gasteiger partial charge is 0.493 e. The molecule has 0 unspecified atom stereocenters. The molecule has 11 nitrogen and oxygen atoms in total. The molecule has 46 heavy (non-hydrogen) atoms. The molecule has 0 spiro atoms. The minimum Gasteiger partial charge on any atom is -0.493 e. The molecule has 4 aromatic rings. The van der Waals surface area contributed by atoms with Crippen molar-refractivity contribution in [1.82, 2.24) is 24.8 Å². The van der Waals surface area contributed by atoms with Gasteiger partial charge in [0, 0.05) is 30.7 Å². The molecule has 4 rings (SSSR count). The Morgan fingerprint density at radius 2 is 1.59 bits per heavy atom. The lowest BCUT2D eigenvalue weighted by Gasteiger charge is -2.26. The molecule has 16 heteroatoms. The fourth-order valence-electron chi connectivity index (χ4n) is 4.44. The van der Waals surface area contributed by atoms with Crippen LogP contribution in [0.2, 0.25) is 0 Å². The van der Waals surface area contributed by atoms with Gasteiger partial charge in [-0.1, -0.05) is 17.8 Å². The Morgan fingerprint density at radius 1 is 0.935 bits per heavy atom. The van der Waals surface area contributed by atoms with Crippen molar-refractivity contribution in [1.29, 1.82) is 0 Å². The van der Waals surface area contributed by atoms with Gasteiger partial charge in [0.15, 0.2) is 16.7 Å². The Bertz CT molecular complexity index is 1800. The predicted molar refractivity (Wildman–Crippen MR) is 165 cm³/mol. The fraction of sp³-hybridized carbons (Fsp3) is 0.300. The van der Waals surface area contributed by atoms with Gasteiger partial charge in [-0.2, -0.15) is 0 Å². The average molecular weight is 680 g/mol. The number of sulfonamides is 1. The van der Waals surface area contributed by atoms with Gasteiger partial charge >= 0.3 is 6.03 Å². The highest BCUT2D eigenvalue weighted by Crippen LogP contribution is 2.39. The third-order valence-electron chi connectivity index (χ3n) is 6.97. The lowest BCUT2D eigenvalue weighted by atomic mass is 9.83. The number of urea groups is 1. The molecular formula is C30H32F3N5O6S2. The maximum absolute atomic E-state index is 15.2. The molecule has 0 aliphatic rings. The van der Waals surface area contributed by atoms with Crippen molar-refractivity contribution in [2.45, 2.75) is 35.1 Å². The van der Waals surface area contributed by atoms with Gasteiger partial charge in [-0.25, -0.2) is 31.1 Å². The number of rotatable bonds is 13. The van der Waals surface area contributed by atoms with Crippen molar-refractivity contribution >= 4 is 27.8 Å². The Balaban J connectivity index is 1.66. The highest BCUT2D eigenvalue weighted by molar-refractivity contribution is 7.98. The lowest BCUT2D eigenvalue weighted by Crippen LogP contribution is -2.40. The van der Waals surface area contributed by atoms with E-state index in [0.29, 0.717) is 35.1 Å². The van der Waals surface area contributed by atoms with E-state index >= 15 is 8.78 Å². The van der Waals surface area contributed by atoms with Crippen molar-refractivity contribution in [2.75, 3.05) is 34.5 Å². The van der Waals surface area contributed by atoms with E-state index in [9.17, 15) is 17.6 Å². The van der Waals surface area contributed by atoms with Crippen LogP contribution in [0, 0.1) is 17.5 Å². The second kappa shape index (κ2) is 14.4. The molecule has 1 heterocycles. The summed E-state index contributed by atoms with van der Waals surface area (Å²) in [6, 6.07) is 11.1. The van der Waals surface area contributed by atoms with E-state index in [1.807, 2.05) is 19.9 Å². The molecule has 3 aromatic carbocycles. The molecule has 0 aliphatic carbocycles. The van der Waals surface area contributed by atoms with Crippen LogP contribution in [0.5, 0.6) is 11.5 Å². The third kappa shape index (κ3) is 7.57. The number of thioether (sulfide) groups is 1. The number of aromatic nitrogens is 3. The predicted octanol–water partition coefficient (Wildman–Crippen LogP) is 4.95. The maximum Gasteiger partial charge on any atom is 0.328 e. The van der Waals surface area contributed by atoms with E-state index in [1.165, 1.54) is 45.6 Å². The van der Waals surface area contributed by atoms with E-state index in [-0.39, 0.29) is 24.1 Å². The van der Waals surface area contributed by atoms with Crippen LogP contribution >= 0.6 is 11.8 Å². The highest BCUT2D eigenvalue weighted by Gasteiger charge is 2.33. The number of nitrogens with one attached hydrogen (secondary N) is 2. The van der Waals surface area contributed by atoms with Crippen LogP contribution in [0.1, 0.15) is 30.8 Å². The van der Waals surface area contributed by atoms with Crippen LogP contribution < -0.4 is 19.5 Å². The quantitative estimate of drug-likeness (QED) is 0.149. The normalized spacial score (nSPS) is 11.7. The van der Waals surface area contributed by atoms with E-state index in [0.717, 1.165) is 17.3 Å². The first kappa shape index (κ1) is 34.6. The summed E-state index contributed by atoms with van der Waals surface area (Å²) in [6.07, 6.45) is 0. The van der Waals surface area contributed by atoms with Crippen molar-refractivity contribution < 1.29 is 40.6 Å². The van der Waals surface area contributed by atoms with Crippen LogP contribution in [0.4, 0.5) is 18.0 Å². The summed E-state index contributed by atoms with van der Waals surface area (Å²) in [5.74, 6) is -1.60. The van der Waals surface area contributed by atoms with E-state index < -0.39 is 49.4 Å². The number of nitrogens with zero attached hydrogens (tertiary/aromatic N) is 3. The van der Waals surface area contributed by atoms with E-state index in [4.69, 9.17) is 14.2 Å². The molecule has 1 aromatic heterocycles. The number of hydrogen-bond donors (Lipinski definition) is 2. The van der Waals surface area contributed by atoms with Crippen molar-refractivity contribution in [3.05, 3.63) is 89.0 Å². The Labute approximate surface area is 268 Å². The van der Waals surface area contributed by atoms with Crippen LogP contribution in [-0.4, -0.2) is 63.7 Å². The van der Waals surface area contributed by atoms with Gasteiger partial charge in [-0.3, -0.25) is 4.57 Å². The Morgan fingerprint density at radius 3 is 2.20 bits per heavy atom. The molecule has 0 atom stereocenters. The van der Waals surface area contributed by atoms with Crippen molar-refractivity contribution in [2.24, 2.45) is 0 Å². The summed E-state index contributed by atoms with van der Waals surface area (Å²) < 4.78 is 88.3. The molecule has 2 amide bonds. The average Bonchev–Trinajstić information content (AvgIpc) is 3.45. The third-order valence-corrected chi connectivity index (χ3v) is 9.24. The zero-order chi connectivity index (χ0) is 33.6. The summed E-state index contributed by atoms with van der Waals surface area (Å²) in [7, 11) is -0.147. The number of hydrogen-bond acceptors (Lipinski definition) is 9. The van der Waals surface area contributed by atoms with Crippen LogP contribution in [0.3, 0.4) is 0 Å². The minimum absolute atomic E-state index is 0.0203. The Kier molecular flexibility index (Phi) is 10.9. The monoisotopic (exact) mass is 679 g/mol. The van der Waals surface area contributed by atoms with Crippen LogP contribution in [0.25, 0.3) is 5.69 Å². The second-order valence-corrected chi connectivity index (χ2v) is 12.9. The number of carbonyl (C=O) groups is 1. The fourth-order valence-corrected chi connectivity index (χ4v) is 6.36. The zero-order valence-corrected chi connectivity index (χ0v) is 27.2. The van der Waals surface area contributed by atoms with Gasteiger partial charge in [0.05, 0.1) is 31.1 Å². The van der Waals surface area contributed by atoms with E-state index in [2.05, 4.69) is 15.5 Å². The number of carbonyl (C=O) groups excluding carboxylic acids is 1. The van der Waals surface area contributed by atoms with Crippen LogP contribution in [-0.2, 0) is 25.9 Å². The molecule has 0 bridgehead atoms. The molecular weight excluding hydrogens is 647 g/mol. The molecule has 2 N–H and O–H groups in total. The van der Waals surface area contributed by atoms with Gasteiger partial charge in [-0.05, 0) is 67.9 Å². The first-order valence-corrected chi connectivity index (χ1v) is 16.1. The van der Waals surface area contributed by atoms with Crippen molar-refractivity contribution in [3.8, 4) is 17.2 Å². The minimum atomic E-state index is -4.58. The van der Waals surface area contributed by atoms with Gasteiger partial charge in [0.2, 0.25) is 0 Å². The summed E-state index contributed by atoms with van der Waals surface area (Å²) in [5.41, 5.74) is 0.0413. The molecule has 246 valence electrons. The second-order valence-electron chi connectivity index (χ2n) is 10.3. The molecule has 0 fully saturated rings. The number of halogens is 3. The Hall–Kier alpha value is -4.28. The summed E-state index contributed by atoms with van der Waals surface area (Å²) in [6.45, 7) is 3.95. The first-order chi connectivity index (χ1) is 21.8. The van der Waals surface area contributed by atoms with Gasteiger partial charge in [0.25, 0.3) is 10.0 Å². The summed E-state index contributed by atoms with van der Waals surface area (Å²) in [4.78, 5) is 11.1. The standard InChI is InChI=1S/C30H32F3N5O6S2/c1-30(2,18-6-11-25(43-4)26(14-18)44-5)27-35-36-29(38(27)20-9-7-19(31)8-10-20)45-17-22-23(32)15-21(16-24(22)33)46(40,41)37-28(39)34-12-13-42-3/h6-11,14-16H,12-13,17H2,1-5H3,(H2,34,37,39). The lowest BCUT2D eigenvalue weighted by molar-refractivity contribution is 0.197.